The summed E-state index contributed by atoms with van der Waals surface area (Å²) in [6.45, 7) is 11.2. The number of aromatic nitrogens is 4. The van der Waals surface area contributed by atoms with Crippen LogP contribution in [-0.2, 0) is 17.8 Å². The van der Waals surface area contributed by atoms with E-state index < -0.39 is 0 Å². The maximum absolute atomic E-state index is 5.81. The Hall–Kier alpha value is -2.03. The van der Waals surface area contributed by atoms with Crippen LogP contribution in [0.3, 0.4) is 0 Å². The number of rotatable bonds is 8. The lowest BCUT2D eigenvalue weighted by molar-refractivity contribution is 0.0607. The Morgan fingerprint density at radius 1 is 1.20 bits per heavy atom. The van der Waals surface area contributed by atoms with Crippen molar-refractivity contribution in [2.75, 3.05) is 39.9 Å². The zero-order chi connectivity index (χ0) is 20.9. The fraction of sp³-hybridized carbons (Fsp3) is 0.682. The van der Waals surface area contributed by atoms with Gasteiger partial charge in [0, 0.05) is 39.3 Å². The van der Waals surface area contributed by atoms with E-state index in [1.807, 2.05) is 10.7 Å². The maximum Gasteiger partial charge on any atom is 0.168 e. The molecule has 4 rings (SSSR count). The van der Waals surface area contributed by atoms with Gasteiger partial charge in [0.05, 0.1) is 25.8 Å². The lowest BCUT2D eigenvalue weighted by atomic mass is 10.0. The van der Waals surface area contributed by atoms with Crippen LogP contribution >= 0.6 is 0 Å². The van der Waals surface area contributed by atoms with Crippen molar-refractivity contribution in [3.8, 4) is 5.75 Å². The van der Waals surface area contributed by atoms with Crippen LogP contribution in [0.15, 0.2) is 24.3 Å². The van der Waals surface area contributed by atoms with Gasteiger partial charge in [-0.2, -0.15) is 0 Å². The van der Waals surface area contributed by atoms with Crippen LogP contribution in [0.5, 0.6) is 5.75 Å². The molecule has 2 aromatic rings. The number of benzene rings is 1. The van der Waals surface area contributed by atoms with E-state index in [0.29, 0.717) is 5.92 Å². The molecule has 2 aliphatic rings. The highest BCUT2D eigenvalue weighted by molar-refractivity contribution is 5.28. The summed E-state index contributed by atoms with van der Waals surface area (Å²) in [6, 6.07) is 8.58. The van der Waals surface area contributed by atoms with Gasteiger partial charge in [-0.25, -0.2) is 4.68 Å². The van der Waals surface area contributed by atoms with Crippen LogP contribution in [0.2, 0.25) is 0 Å². The maximum atomic E-state index is 5.81. The van der Waals surface area contributed by atoms with Gasteiger partial charge in [-0.3, -0.25) is 9.80 Å². The van der Waals surface area contributed by atoms with Gasteiger partial charge >= 0.3 is 0 Å². The average molecular weight is 415 g/mol. The van der Waals surface area contributed by atoms with Gasteiger partial charge in [0.25, 0.3) is 0 Å². The molecule has 30 heavy (non-hydrogen) atoms. The summed E-state index contributed by atoms with van der Waals surface area (Å²) < 4.78 is 13.1. The minimum absolute atomic E-state index is 0.223. The van der Waals surface area contributed by atoms with Gasteiger partial charge < -0.3 is 9.47 Å². The summed E-state index contributed by atoms with van der Waals surface area (Å²) in [5.74, 6) is 2.33. The zero-order valence-electron chi connectivity index (χ0n) is 18.4. The van der Waals surface area contributed by atoms with Gasteiger partial charge in [0.1, 0.15) is 5.75 Å². The van der Waals surface area contributed by atoms with E-state index in [4.69, 9.17) is 9.47 Å². The van der Waals surface area contributed by atoms with Crippen molar-refractivity contribution in [2.24, 2.45) is 5.92 Å². The molecule has 0 spiro atoms. The molecule has 1 aromatic carbocycles. The molecule has 0 aliphatic carbocycles. The molecular weight excluding hydrogens is 380 g/mol. The van der Waals surface area contributed by atoms with Crippen LogP contribution in [0.25, 0.3) is 0 Å². The number of piperazine rings is 1. The second-order valence-corrected chi connectivity index (χ2v) is 8.71. The van der Waals surface area contributed by atoms with Gasteiger partial charge in [-0.15, -0.1) is 5.10 Å². The first kappa shape index (κ1) is 21.2. The third-order valence-electron chi connectivity index (χ3n) is 6.20. The molecule has 0 N–H and O–H groups in total. The van der Waals surface area contributed by atoms with Gasteiger partial charge in [-0.05, 0) is 46.9 Å². The summed E-state index contributed by atoms with van der Waals surface area (Å²) in [6.07, 6.45) is 2.46. The standard InChI is InChI=1S/C22H34N6O2/c1-17(2)21(22-23-24-25-28(22)16-20-8-5-13-30-20)27-11-9-26(10-12-27)15-18-6-4-7-19(14-18)29-3/h4,6-7,14,17,20-21H,5,8-13,15-16H2,1-3H3. The van der Waals surface area contributed by atoms with Crippen molar-refractivity contribution in [2.45, 2.75) is 51.9 Å². The van der Waals surface area contributed by atoms with Gasteiger partial charge in [0.2, 0.25) is 0 Å². The summed E-state index contributed by atoms with van der Waals surface area (Å²) in [5.41, 5.74) is 1.30. The van der Waals surface area contributed by atoms with Crippen LogP contribution in [-0.4, -0.2) is 76.0 Å². The normalized spacial score (nSPS) is 21.9. The summed E-state index contributed by atoms with van der Waals surface area (Å²) in [5, 5.41) is 12.7. The molecule has 2 aliphatic heterocycles. The highest BCUT2D eigenvalue weighted by Gasteiger charge is 2.32. The summed E-state index contributed by atoms with van der Waals surface area (Å²) in [4.78, 5) is 5.06. The number of ether oxygens (including phenoxy) is 2. The van der Waals surface area contributed by atoms with Crippen molar-refractivity contribution in [3.63, 3.8) is 0 Å². The number of hydrogen-bond donors (Lipinski definition) is 0. The van der Waals surface area contributed by atoms with Crippen LogP contribution in [0.4, 0.5) is 0 Å². The van der Waals surface area contributed by atoms with E-state index in [1.165, 1.54) is 5.56 Å². The predicted octanol–water partition coefficient (Wildman–Crippen LogP) is 2.38. The number of tetrazole rings is 1. The Balaban J connectivity index is 1.39. The first-order valence-corrected chi connectivity index (χ1v) is 11.1. The highest BCUT2D eigenvalue weighted by atomic mass is 16.5. The molecule has 2 atom stereocenters. The molecule has 3 heterocycles. The monoisotopic (exact) mass is 414 g/mol. The van der Waals surface area contributed by atoms with E-state index in [1.54, 1.807) is 7.11 Å². The topological polar surface area (TPSA) is 68.5 Å². The molecule has 164 valence electrons. The molecule has 0 saturated carbocycles. The smallest absolute Gasteiger partial charge is 0.168 e. The first-order chi connectivity index (χ1) is 14.6. The van der Waals surface area contributed by atoms with E-state index in [9.17, 15) is 0 Å². The van der Waals surface area contributed by atoms with Crippen molar-refractivity contribution < 1.29 is 9.47 Å². The quantitative estimate of drug-likeness (QED) is 0.657. The zero-order valence-corrected chi connectivity index (χ0v) is 18.4. The van der Waals surface area contributed by atoms with Crippen molar-refractivity contribution in [1.29, 1.82) is 0 Å². The van der Waals surface area contributed by atoms with E-state index in [-0.39, 0.29) is 12.1 Å². The molecule has 8 heteroatoms. The third-order valence-corrected chi connectivity index (χ3v) is 6.20. The minimum Gasteiger partial charge on any atom is -0.497 e. The lowest BCUT2D eigenvalue weighted by Gasteiger charge is -2.40. The fourth-order valence-corrected chi connectivity index (χ4v) is 4.65. The predicted molar refractivity (Wildman–Crippen MR) is 114 cm³/mol. The van der Waals surface area contributed by atoms with Crippen molar-refractivity contribution >= 4 is 0 Å². The molecule has 8 nitrogen and oxygen atoms in total. The average Bonchev–Trinajstić information content (AvgIpc) is 3.42. The van der Waals surface area contributed by atoms with Crippen molar-refractivity contribution in [3.05, 3.63) is 35.7 Å². The fourth-order valence-electron chi connectivity index (χ4n) is 4.65. The van der Waals surface area contributed by atoms with Gasteiger partial charge in [0.15, 0.2) is 5.82 Å². The number of nitrogens with zero attached hydrogens (tertiary/aromatic N) is 6. The molecule has 2 fully saturated rings. The van der Waals surface area contributed by atoms with Crippen molar-refractivity contribution in [1.82, 2.24) is 30.0 Å². The highest BCUT2D eigenvalue weighted by Crippen LogP contribution is 2.29. The first-order valence-electron chi connectivity index (χ1n) is 11.1. The Morgan fingerprint density at radius 2 is 2.03 bits per heavy atom. The Morgan fingerprint density at radius 3 is 2.73 bits per heavy atom. The molecule has 0 bridgehead atoms. The summed E-state index contributed by atoms with van der Waals surface area (Å²) >= 11 is 0. The number of hydrogen-bond acceptors (Lipinski definition) is 7. The van der Waals surface area contributed by atoms with Crippen LogP contribution in [0.1, 0.15) is 44.1 Å². The van der Waals surface area contributed by atoms with Crippen LogP contribution in [0, 0.1) is 5.92 Å². The third kappa shape index (κ3) is 4.99. The second-order valence-electron chi connectivity index (χ2n) is 8.71. The SMILES string of the molecule is COc1cccc(CN2CCN(C(c3nnnn3CC3CCCO3)C(C)C)CC2)c1. The molecule has 2 saturated heterocycles. The van der Waals surface area contributed by atoms with Crippen LogP contribution < -0.4 is 4.74 Å². The number of methoxy groups -OCH3 is 1. The largest absolute Gasteiger partial charge is 0.497 e. The minimum atomic E-state index is 0.223. The molecule has 1 aromatic heterocycles. The van der Waals surface area contributed by atoms with E-state index in [2.05, 4.69) is 57.4 Å². The van der Waals surface area contributed by atoms with E-state index in [0.717, 1.165) is 70.3 Å². The molecule has 0 amide bonds. The molecule has 0 radical (unpaired) electrons. The van der Waals surface area contributed by atoms with Gasteiger partial charge in [-0.1, -0.05) is 26.0 Å². The Bertz CT molecular complexity index is 796. The Labute approximate surface area is 179 Å². The Kier molecular flexibility index (Phi) is 6.97. The molecule has 2 unspecified atom stereocenters. The van der Waals surface area contributed by atoms with E-state index >= 15 is 0 Å². The lowest BCUT2D eigenvalue weighted by Crippen LogP contribution is -2.48. The molecular formula is C22H34N6O2. The summed E-state index contributed by atoms with van der Waals surface area (Å²) in [7, 11) is 1.72. The second kappa shape index (κ2) is 9.85.